The number of hydrogen-bond acceptors (Lipinski definition) is 3. The van der Waals surface area contributed by atoms with Gasteiger partial charge in [-0.25, -0.2) is 13.1 Å². The number of nitrogens with two attached hydrogens (primary N) is 1. The quantitative estimate of drug-likeness (QED) is 0.734. The molecular formula is C13H22N2O2S. The molecule has 0 unspecified atom stereocenters. The zero-order chi connectivity index (χ0) is 13.6. The highest BCUT2D eigenvalue weighted by Crippen LogP contribution is 2.12. The second kappa shape index (κ2) is 6.87. The molecule has 0 amide bonds. The second-order valence-corrected chi connectivity index (χ2v) is 6.50. The third-order valence-electron chi connectivity index (χ3n) is 2.65. The molecule has 0 spiro atoms. The van der Waals surface area contributed by atoms with E-state index in [0.717, 1.165) is 30.4 Å². The Kier molecular flexibility index (Phi) is 5.78. The summed E-state index contributed by atoms with van der Waals surface area (Å²) in [6.45, 7) is 3.09. The van der Waals surface area contributed by atoms with Gasteiger partial charge in [0.2, 0.25) is 10.0 Å². The van der Waals surface area contributed by atoms with Crippen LogP contribution in [0.4, 0.5) is 0 Å². The Morgan fingerprint density at radius 2 is 1.83 bits per heavy atom. The van der Waals surface area contributed by atoms with Crippen molar-refractivity contribution in [2.45, 2.75) is 32.7 Å². The number of benzene rings is 1. The molecular weight excluding hydrogens is 248 g/mol. The van der Waals surface area contributed by atoms with Crippen LogP contribution in [0.25, 0.3) is 0 Å². The lowest BCUT2D eigenvalue weighted by atomic mass is 10.0. The fourth-order valence-corrected chi connectivity index (χ4v) is 2.31. The van der Waals surface area contributed by atoms with Crippen LogP contribution in [0.15, 0.2) is 18.2 Å². The Balaban J connectivity index is 2.68. The molecule has 0 saturated carbocycles. The van der Waals surface area contributed by atoms with E-state index in [-0.39, 0.29) is 0 Å². The van der Waals surface area contributed by atoms with E-state index >= 15 is 0 Å². The first kappa shape index (κ1) is 15.1. The standard InChI is InChI=1S/C13H22N2O2S/c1-11-7-12(5-3-4-6-14)9-13(8-11)10-15-18(2,16)17/h7-9,15H,3-6,10,14H2,1-2H3. The summed E-state index contributed by atoms with van der Waals surface area (Å²) in [6, 6.07) is 6.20. The Labute approximate surface area is 110 Å². The second-order valence-electron chi connectivity index (χ2n) is 4.67. The number of aryl methyl sites for hydroxylation is 2. The van der Waals surface area contributed by atoms with Gasteiger partial charge < -0.3 is 5.73 Å². The summed E-state index contributed by atoms with van der Waals surface area (Å²) in [4.78, 5) is 0. The fraction of sp³-hybridized carbons (Fsp3) is 0.538. The Hall–Kier alpha value is -0.910. The van der Waals surface area contributed by atoms with Gasteiger partial charge in [0, 0.05) is 6.54 Å². The van der Waals surface area contributed by atoms with Crippen molar-refractivity contribution in [2.75, 3.05) is 12.8 Å². The van der Waals surface area contributed by atoms with Crippen LogP contribution in [0, 0.1) is 6.92 Å². The molecule has 0 fully saturated rings. The maximum absolute atomic E-state index is 11.1. The minimum atomic E-state index is -3.14. The third kappa shape index (κ3) is 6.14. The highest BCUT2D eigenvalue weighted by Gasteiger charge is 2.03. The van der Waals surface area contributed by atoms with Crippen LogP contribution in [-0.4, -0.2) is 21.2 Å². The molecule has 0 saturated heterocycles. The van der Waals surface area contributed by atoms with Gasteiger partial charge in [0.05, 0.1) is 6.26 Å². The molecule has 102 valence electrons. The van der Waals surface area contributed by atoms with Gasteiger partial charge in [0.15, 0.2) is 0 Å². The molecule has 0 heterocycles. The summed E-state index contributed by atoms with van der Waals surface area (Å²) in [5.74, 6) is 0. The zero-order valence-electron chi connectivity index (χ0n) is 11.1. The van der Waals surface area contributed by atoms with Crippen LogP contribution in [0.3, 0.4) is 0 Å². The van der Waals surface area contributed by atoms with E-state index in [1.165, 1.54) is 11.8 Å². The first-order valence-electron chi connectivity index (χ1n) is 6.15. The number of hydrogen-bond donors (Lipinski definition) is 2. The number of unbranched alkanes of at least 4 members (excludes halogenated alkanes) is 1. The first-order valence-corrected chi connectivity index (χ1v) is 8.04. The summed E-state index contributed by atoms with van der Waals surface area (Å²) >= 11 is 0. The van der Waals surface area contributed by atoms with Crippen LogP contribution in [0.1, 0.15) is 29.5 Å². The molecule has 0 aliphatic carbocycles. The predicted octanol–water partition coefficient (Wildman–Crippen LogP) is 1.33. The molecule has 0 aromatic heterocycles. The summed E-state index contributed by atoms with van der Waals surface area (Å²) in [6.07, 6.45) is 4.25. The van der Waals surface area contributed by atoms with Crippen molar-refractivity contribution in [2.24, 2.45) is 5.73 Å². The average Bonchev–Trinajstić information content (AvgIpc) is 2.25. The van der Waals surface area contributed by atoms with E-state index in [1.54, 1.807) is 0 Å². The van der Waals surface area contributed by atoms with Crippen LogP contribution in [0.5, 0.6) is 0 Å². The van der Waals surface area contributed by atoms with Crippen molar-refractivity contribution < 1.29 is 8.42 Å². The minimum absolute atomic E-state index is 0.352. The molecule has 0 radical (unpaired) electrons. The largest absolute Gasteiger partial charge is 0.330 e. The van der Waals surface area contributed by atoms with E-state index in [4.69, 9.17) is 5.73 Å². The lowest BCUT2D eigenvalue weighted by Crippen LogP contribution is -2.21. The maximum Gasteiger partial charge on any atom is 0.209 e. The summed E-state index contributed by atoms with van der Waals surface area (Å²) in [5, 5.41) is 0. The fourth-order valence-electron chi connectivity index (χ4n) is 1.88. The summed E-state index contributed by atoms with van der Waals surface area (Å²) in [5.41, 5.74) is 8.88. The van der Waals surface area contributed by atoms with Crippen molar-refractivity contribution in [1.29, 1.82) is 0 Å². The molecule has 0 bridgehead atoms. The lowest BCUT2D eigenvalue weighted by molar-refractivity contribution is 0.587. The van der Waals surface area contributed by atoms with E-state index < -0.39 is 10.0 Å². The predicted molar refractivity (Wildman–Crippen MR) is 74.9 cm³/mol. The molecule has 5 heteroatoms. The van der Waals surface area contributed by atoms with Crippen molar-refractivity contribution in [3.63, 3.8) is 0 Å². The van der Waals surface area contributed by atoms with Crippen molar-refractivity contribution in [3.8, 4) is 0 Å². The van der Waals surface area contributed by atoms with Crippen molar-refractivity contribution in [1.82, 2.24) is 4.72 Å². The lowest BCUT2D eigenvalue weighted by Gasteiger charge is -2.08. The van der Waals surface area contributed by atoms with Gasteiger partial charge in [0.25, 0.3) is 0 Å². The molecule has 1 rings (SSSR count). The highest BCUT2D eigenvalue weighted by molar-refractivity contribution is 7.88. The SMILES string of the molecule is Cc1cc(CCCCN)cc(CNS(C)(=O)=O)c1. The molecule has 0 aliphatic heterocycles. The van der Waals surface area contributed by atoms with Crippen LogP contribution in [-0.2, 0) is 23.0 Å². The van der Waals surface area contributed by atoms with Crippen molar-refractivity contribution >= 4 is 10.0 Å². The van der Waals surface area contributed by atoms with Gasteiger partial charge in [-0.3, -0.25) is 0 Å². The van der Waals surface area contributed by atoms with Gasteiger partial charge in [0.1, 0.15) is 0 Å². The van der Waals surface area contributed by atoms with Crippen molar-refractivity contribution in [3.05, 3.63) is 34.9 Å². The summed E-state index contributed by atoms with van der Waals surface area (Å²) < 4.78 is 24.6. The number of sulfonamides is 1. The van der Waals surface area contributed by atoms with Gasteiger partial charge >= 0.3 is 0 Å². The highest BCUT2D eigenvalue weighted by atomic mass is 32.2. The van der Waals surface area contributed by atoms with E-state index in [1.807, 2.05) is 13.0 Å². The molecule has 1 aromatic carbocycles. The topological polar surface area (TPSA) is 72.2 Å². The van der Waals surface area contributed by atoms with E-state index in [2.05, 4.69) is 16.9 Å². The van der Waals surface area contributed by atoms with Gasteiger partial charge in [-0.15, -0.1) is 0 Å². The normalized spacial score (nSPS) is 11.7. The van der Waals surface area contributed by atoms with Crippen LogP contribution >= 0.6 is 0 Å². The maximum atomic E-state index is 11.1. The van der Waals surface area contributed by atoms with E-state index in [0.29, 0.717) is 13.1 Å². The Morgan fingerprint density at radius 1 is 1.17 bits per heavy atom. The smallest absolute Gasteiger partial charge is 0.209 e. The summed E-state index contributed by atoms with van der Waals surface area (Å²) in [7, 11) is -3.14. The molecule has 0 aliphatic rings. The van der Waals surface area contributed by atoms with Gasteiger partial charge in [-0.1, -0.05) is 23.8 Å². The minimum Gasteiger partial charge on any atom is -0.330 e. The zero-order valence-corrected chi connectivity index (χ0v) is 11.9. The number of rotatable bonds is 7. The van der Waals surface area contributed by atoms with Gasteiger partial charge in [-0.2, -0.15) is 0 Å². The number of nitrogens with one attached hydrogen (secondary N) is 1. The Morgan fingerprint density at radius 3 is 2.44 bits per heavy atom. The molecule has 1 aromatic rings. The first-order chi connectivity index (χ1) is 8.40. The molecule has 3 N–H and O–H groups in total. The monoisotopic (exact) mass is 270 g/mol. The molecule has 4 nitrogen and oxygen atoms in total. The van der Waals surface area contributed by atoms with Crippen LogP contribution in [0.2, 0.25) is 0 Å². The molecule has 0 atom stereocenters. The van der Waals surface area contributed by atoms with E-state index in [9.17, 15) is 8.42 Å². The van der Waals surface area contributed by atoms with Crippen LogP contribution < -0.4 is 10.5 Å². The third-order valence-corrected chi connectivity index (χ3v) is 3.32. The molecule has 18 heavy (non-hydrogen) atoms. The Bertz CT molecular complexity index is 484. The average molecular weight is 270 g/mol. The van der Waals surface area contributed by atoms with Gasteiger partial charge in [-0.05, 0) is 43.9 Å².